The molecule has 4 rings (SSSR count). The number of rotatable bonds is 4. The highest BCUT2D eigenvalue weighted by atomic mass is 35.5. The summed E-state index contributed by atoms with van der Waals surface area (Å²) in [6.45, 7) is 0.621. The lowest BCUT2D eigenvalue weighted by atomic mass is 10.2. The first-order chi connectivity index (χ1) is 12.2. The average Bonchev–Trinajstić information content (AvgIpc) is 3.24. The number of halogens is 1. The van der Waals surface area contributed by atoms with Crippen LogP contribution in [0.2, 0.25) is 5.02 Å². The van der Waals surface area contributed by atoms with Crippen LogP contribution in [0.1, 0.15) is 16.1 Å². The van der Waals surface area contributed by atoms with Crippen LogP contribution in [0, 0.1) is 0 Å². The van der Waals surface area contributed by atoms with E-state index in [2.05, 4.69) is 20.5 Å². The molecule has 8 heteroatoms. The molecular weight excluding hydrogens is 340 g/mol. The van der Waals surface area contributed by atoms with Crippen molar-refractivity contribution >= 4 is 28.8 Å². The number of benzene rings is 1. The summed E-state index contributed by atoms with van der Waals surface area (Å²) in [7, 11) is 0. The molecule has 0 aliphatic carbocycles. The van der Waals surface area contributed by atoms with Crippen molar-refractivity contribution in [1.29, 1.82) is 0 Å². The molecule has 1 N–H and O–H groups in total. The Balaban J connectivity index is 1.57. The summed E-state index contributed by atoms with van der Waals surface area (Å²) in [4.78, 5) is 16.6. The highest BCUT2D eigenvalue weighted by Gasteiger charge is 2.18. The van der Waals surface area contributed by atoms with Crippen LogP contribution in [0.15, 0.2) is 61.2 Å². The first-order valence-corrected chi connectivity index (χ1v) is 7.95. The van der Waals surface area contributed by atoms with Gasteiger partial charge in [-0.25, -0.2) is 9.50 Å². The van der Waals surface area contributed by atoms with E-state index in [1.54, 1.807) is 24.7 Å². The number of carbonyl (C=O) groups excluding carboxylic acids is 1. The van der Waals surface area contributed by atoms with Crippen molar-refractivity contribution in [2.24, 2.45) is 0 Å². The molecule has 0 radical (unpaired) electrons. The largest absolute Gasteiger partial charge is 0.321 e. The Morgan fingerprint density at radius 3 is 2.84 bits per heavy atom. The molecular formula is C17H13ClN6O. The first-order valence-electron chi connectivity index (χ1n) is 7.57. The molecule has 3 aromatic heterocycles. The number of carbonyl (C=O) groups is 1. The quantitative estimate of drug-likeness (QED) is 0.612. The van der Waals surface area contributed by atoms with Crippen LogP contribution in [0.25, 0.3) is 5.65 Å². The van der Waals surface area contributed by atoms with Gasteiger partial charge in [-0.3, -0.25) is 9.48 Å². The van der Waals surface area contributed by atoms with Crippen molar-refractivity contribution in [3.8, 4) is 0 Å². The lowest BCUT2D eigenvalue weighted by Crippen LogP contribution is -2.13. The number of nitrogens with one attached hydrogen (secondary N) is 1. The van der Waals surface area contributed by atoms with Gasteiger partial charge in [-0.1, -0.05) is 23.7 Å². The second-order valence-corrected chi connectivity index (χ2v) is 5.79. The van der Waals surface area contributed by atoms with Gasteiger partial charge in [0.05, 0.1) is 6.54 Å². The second kappa shape index (κ2) is 6.37. The molecule has 25 heavy (non-hydrogen) atoms. The Kier molecular flexibility index (Phi) is 3.91. The van der Waals surface area contributed by atoms with E-state index < -0.39 is 0 Å². The number of aromatic nitrogens is 5. The minimum Gasteiger partial charge on any atom is -0.321 e. The highest BCUT2D eigenvalue weighted by molar-refractivity contribution is 6.37. The third kappa shape index (κ3) is 3.09. The number of hydrogen-bond donors (Lipinski definition) is 1. The summed E-state index contributed by atoms with van der Waals surface area (Å²) in [6.07, 6.45) is 6.90. The predicted octanol–water partition coefficient (Wildman–Crippen LogP) is 2.88. The fraction of sp³-hybridized carbons (Fsp3) is 0.0588. The van der Waals surface area contributed by atoms with Gasteiger partial charge in [0.15, 0.2) is 11.3 Å². The Morgan fingerprint density at radius 2 is 2.04 bits per heavy atom. The molecule has 0 saturated carbocycles. The van der Waals surface area contributed by atoms with E-state index >= 15 is 0 Å². The molecule has 0 fully saturated rings. The van der Waals surface area contributed by atoms with Gasteiger partial charge in [-0.05, 0) is 29.8 Å². The molecule has 124 valence electrons. The third-order valence-corrected chi connectivity index (χ3v) is 3.99. The summed E-state index contributed by atoms with van der Waals surface area (Å²) < 4.78 is 3.29. The van der Waals surface area contributed by atoms with Crippen molar-refractivity contribution in [1.82, 2.24) is 24.4 Å². The molecule has 0 bridgehead atoms. The molecule has 1 aromatic carbocycles. The fourth-order valence-electron chi connectivity index (χ4n) is 2.52. The lowest BCUT2D eigenvalue weighted by Gasteiger charge is -2.07. The van der Waals surface area contributed by atoms with Gasteiger partial charge in [0.2, 0.25) is 0 Å². The minimum absolute atomic E-state index is 0.137. The van der Waals surface area contributed by atoms with E-state index in [4.69, 9.17) is 11.6 Å². The zero-order chi connectivity index (χ0) is 17.2. The molecule has 0 aliphatic rings. The summed E-state index contributed by atoms with van der Waals surface area (Å²) in [5, 5.41) is 11.4. The van der Waals surface area contributed by atoms with Gasteiger partial charge in [0.1, 0.15) is 5.02 Å². The molecule has 0 spiro atoms. The topological polar surface area (TPSA) is 77.1 Å². The summed E-state index contributed by atoms with van der Waals surface area (Å²) in [6, 6.07) is 11.1. The zero-order valence-corrected chi connectivity index (χ0v) is 13.8. The Labute approximate surface area is 147 Å². The first kappa shape index (κ1) is 15.3. The predicted molar refractivity (Wildman–Crippen MR) is 93.7 cm³/mol. The van der Waals surface area contributed by atoms with Crippen LogP contribution in [0.5, 0.6) is 0 Å². The monoisotopic (exact) mass is 352 g/mol. The zero-order valence-electron chi connectivity index (χ0n) is 13.0. The number of amides is 1. The SMILES string of the molecule is O=C(Nc1cccc(Cn2cccn2)c1)c1nn2cccnc2c1Cl. The number of anilines is 1. The Hall–Kier alpha value is -3.19. The van der Waals surface area contributed by atoms with Gasteiger partial charge < -0.3 is 5.32 Å². The standard InChI is InChI=1S/C17H13ClN6O/c18-14-15(22-24-9-2-6-19-16(14)24)17(25)21-13-5-1-4-12(10-13)11-23-8-3-7-20-23/h1-10H,11H2,(H,21,25). The van der Waals surface area contributed by atoms with E-state index in [0.29, 0.717) is 17.9 Å². The third-order valence-electron chi connectivity index (χ3n) is 3.64. The highest BCUT2D eigenvalue weighted by Crippen LogP contribution is 2.21. The maximum absolute atomic E-state index is 12.5. The molecule has 0 saturated heterocycles. The molecule has 0 atom stereocenters. The van der Waals surface area contributed by atoms with Gasteiger partial charge >= 0.3 is 0 Å². The number of hydrogen-bond acceptors (Lipinski definition) is 4. The van der Waals surface area contributed by atoms with Gasteiger partial charge in [0, 0.05) is 30.5 Å². The van der Waals surface area contributed by atoms with Gasteiger partial charge in [-0.2, -0.15) is 10.2 Å². The van der Waals surface area contributed by atoms with E-state index in [1.165, 1.54) is 4.52 Å². The molecule has 3 heterocycles. The second-order valence-electron chi connectivity index (χ2n) is 5.41. The smallest absolute Gasteiger partial charge is 0.277 e. The van der Waals surface area contributed by atoms with Crippen LogP contribution >= 0.6 is 11.6 Å². The van der Waals surface area contributed by atoms with Gasteiger partial charge in [-0.15, -0.1) is 0 Å². The van der Waals surface area contributed by atoms with Crippen molar-refractivity contribution < 1.29 is 4.79 Å². The van der Waals surface area contributed by atoms with E-state index in [-0.39, 0.29) is 16.6 Å². The van der Waals surface area contributed by atoms with Crippen molar-refractivity contribution in [3.63, 3.8) is 0 Å². The summed E-state index contributed by atoms with van der Waals surface area (Å²) >= 11 is 6.23. The Morgan fingerprint density at radius 1 is 1.16 bits per heavy atom. The minimum atomic E-state index is -0.383. The summed E-state index contributed by atoms with van der Waals surface area (Å²) in [5.74, 6) is -0.383. The Bertz CT molecular complexity index is 1040. The van der Waals surface area contributed by atoms with Crippen molar-refractivity contribution in [3.05, 3.63) is 77.5 Å². The van der Waals surface area contributed by atoms with Crippen LogP contribution < -0.4 is 5.32 Å². The number of fused-ring (bicyclic) bond motifs is 1. The lowest BCUT2D eigenvalue weighted by molar-refractivity contribution is 0.102. The van der Waals surface area contributed by atoms with E-state index in [0.717, 1.165) is 5.56 Å². The average molecular weight is 353 g/mol. The fourth-order valence-corrected chi connectivity index (χ4v) is 2.78. The van der Waals surface area contributed by atoms with Crippen molar-refractivity contribution in [2.45, 2.75) is 6.54 Å². The number of nitrogens with zero attached hydrogens (tertiary/aromatic N) is 5. The van der Waals surface area contributed by atoms with Crippen LogP contribution in [0.4, 0.5) is 5.69 Å². The molecule has 7 nitrogen and oxygen atoms in total. The normalized spacial score (nSPS) is 10.9. The molecule has 4 aromatic rings. The van der Waals surface area contributed by atoms with Crippen molar-refractivity contribution in [2.75, 3.05) is 5.32 Å². The van der Waals surface area contributed by atoms with E-state index in [9.17, 15) is 4.79 Å². The van der Waals surface area contributed by atoms with Crippen LogP contribution in [-0.4, -0.2) is 30.3 Å². The van der Waals surface area contributed by atoms with Crippen LogP contribution in [0.3, 0.4) is 0 Å². The van der Waals surface area contributed by atoms with E-state index in [1.807, 2.05) is 41.2 Å². The maximum Gasteiger partial charge on any atom is 0.277 e. The molecule has 0 aliphatic heterocycles. The van der Waals surface area contributed by atoms with Crippen LogP contribution in [-0.2, 0) is 6.54 Å². The maximum atomic E-state index is 12.5. The molecule has 1 amide bonds. The van der Waals surface area contributed by atoms with Gasteiger partial charge in [0.25, 0.3) is 5.91 Å². The molecule has 0 unspecified atom stereocenters. The summed E-state index contributed by atoms with van der Waals surface area (Å²) in [5.41, 5.74) is 2.26.